The van der Waals surface area contributed by atoms with Crippen molar-refractivity contribution in [1.82, 2.24) is 10.2 Å². The van der Waals surface area contributed by atoms with Gasteiger partial charge in [0.2, 0.25) is 11.8 Å². The SMILES string of the molecule is CCCNC(=O)[C@@H](C)N(Cc1ccc(F)cc1)C(=O)CCc1ccc(C)cc1. The Morgan fingerprint density at radius 3 is 2.25 bits per heavy atom. The Morgan fingerprint density at radius 2 is 1.64 bits per heavy atom. The fourth-order valence-electron chi connectivity index (χ4n) is 2.91. The second kappa shape index (κ2) is 10.6. The van der Waals surface area contributed by atoms with Gasteiger partial charge in [0.1, 0.15) is 11.9 Å². The summed E-state index contributed by atoms with van der Waals surface area (Å²) in [5.41, 5.74) is 3.05. The molecule has 0 spiro atoms. The van der Waals surface area contributed by atoms with Gasteiger partial charge in [0.15, 0.2) is 0 Å². The zero-order valence-corrected chi connectivity index (χ0v) is 16.9. The van der Waals surface area contributed by atoms with E-state index in [1.165, 1.54) is 17.7 Å². The number of nitrogens with one attached hydrogen (secondary N) is 1. The Hall–Kier alpha value is -2.69. The number of carbonyl (C=O) groups excluding carboxylic acids is 2. The highest BCUT2D eigenvalue weighted by Gasteiger charge is 2.25. The van der Waals surface area contributed by atoms with Gasteiger partial charge in [-0.3, -0.25) is 9.59 Å². The number of amides is 2. The maximum absolute atomic E-state index is 13.2. The standard InChI is InChI=1S/C23H29FN2O2/c1-4-15-25-23(28)18(3)26(16-20-9-12-21(24)13-10-20)22(27)14-11-19-7-5-17(2)6-8-19/h5-10,12-13,18H,4,11,14-16H2,1-3H3,(H,25,28)/t18-/m1/s1. The normalized spacial score (nSPS) is 11.7. The van der Waals surface area contributed by atoms with Gasteiger partial charge < -0.3 is 10.2 Å². The van der Waals surface area contributed by atoms with Gasteiger partial charge in [-0.2, -0.15) is 0 Å². The molecule has 2 aromatic rings. The fraction of sp³-hybridized carbons (Fsp3) is 0.391. The molecule has 0 aliphatic carbocycles. The molecule has 0 heterocycles. The largest absolute Gasteiger partial charge is 0.354 e. The van der Waals surface area contributed by atoms with Crippen LogP contribution in [-0.2, 0) is 22.6 Å². The summed E-state index contributed by atoms with van der Waals surface area (Å²) in [5.74, 6) is -0.591. The summed E-state index contributed by atoms with van der Waals surface area (Å²) in [4.78, 5) is 27.0. The van der Waals surface area contributed by atoms with E-state index in [0.717, 1.165) is 17.5 Å². The van der Waals surface area contributed by atoms with Gasteiger partial charge in [-0.25, -0.2) is 4.39 Å². The number of benzene rings is 2. The van der Waals surface area contributed by atoms with Crippen molar-refractivity contribution in [3.8, 4) is 0 Å². The van der Waals surface area contributed by atoms with Crippen LogP contribution < -0.4 is 5.32 Å². The van der Waals surface area contributed by atoms with Crippen LogP contribution in [0.3, 0.4) is 0 Å². The van der Waals surface area contributed by atoms with Crippen LogP contribution >= 0.6 is 0 Å². The molecule has 1 N–H and O–H groups in total. The molecule has 5 heteroatoms. The van der Waals surface area contributed by atoms with E-state index < -0.39 is 6.04 Å². The molecule has 0 fully saturated rings. The van der Waals surface area contributed by atoms with Gasteiger partial charge in [-0.1, -0.05) is 48.9 Å². The topological polar surface area (TPSA) is 49.4 Å². The number of rotatable bonds is 9. The first-order chi connectivity index (χ1) is 13.4. The van der Waals surface area contributed by atoms with Crippen molar-refractivity contribution in [3.63, 3.8) is 0 Å². The first-order valence-corrected chi connectivity index (χ1v) is 9.78. The van der Waals surface area contributed by atoms with Crippen molar-refractivity contribution < 1.29 is 14.0 Å². The smallest absolute Gasteiger partial charge is 0.242 e. The molecule has 0 aliphatic heterocycles. The molecule has 150 valence electrons. The lowest BCUT2D eigenvalue weighted by atomic mass is 10.1. The molecule has 0 saturated carbocycles. The number of hydrogen-bond acceptors (Lipinski definition) is 2. The van der Waals surface area contributed by atoms with Crippen molar-refractivity contribution in [2.24, 2.45) is 0 Å². The molecule has 2 aromatic carbocycles. The summed E-state index contributed by atoms with van der Waals surface area (Å²) >= 11 is 0. The number of aryl methyl sites for hydroxylation is 2. The molecule has 0 aliphatic rings. The molecule has 2 rings (SSSR count). The average molecular weight is 384 g/mol. The van der Waals surface area contributed by atoms with Gasteiger partial charge in [0, 0.05) is 19.5 Å². The lowest BCUT2D eigenvalue weighted by Gasteiger charge is -2.29. The van der Waals surface area contributed by atoms with E-state index in [4.69, 9.17) is 0 Å². The van der Waals surface area contributed by atoms with Crippen molar-refractivity contribution >= 4 is 11.8 Å². The lowest BCUT2D eigenvalue weighted by molar-refractivity contribution is -0.140. The van der Waals surface area contributed by atoms with E-state index in [-0.39, 0.29) is 24.2 Å². The summed E-state index contributed by atoms with van der Waals surface area (Å²) in [6, 6.07) is 13.5. The maximum Gasteiger partial charge on any atom is 0.242 e. The molecule has 0 bridgehead atoms. The Kier molecular flexibility index (Phi) is 8.18. The highest BCUT2D eigenvalue weighted by Crippen LogP contribution is 2.14. The predicted octanol–water partition coefficient (Wildman–Crippen LogP) is 4.01. The summed E-state index contributed by atoms with van der Waals surface area (Å²) in [5, 5.41) is 2.85. The summed E-state index contributed by atoms with van der Waals surface area (Å²) in [7, 11) is 0. The molecular formula is C23H29FN2O2. The number of carbonyl (C=O) groups is 2. The summed E-state index contributed by atoms with van der Waals surface area (Å²) < 4.78 is 13.2. The van der Waals surface area contributed by atoms with E-state index in [9.17, 15) is 14.0 Å². The van der Waals surface area contributed by atoms with Crippen molar-refractivity contribution in [1.29, 1.82) is 0 Å². The lowest BCUT2D eigenvalue weighted by Crippen LogP contribution is -2.47. The minimum Gasteiger partial charge on any atom is -0.354 e. The molecule has 28 heavy (non-hydrogen) atoms. The third kappa shape index (κ3) is 6.48. The van der Waals surface area contributed by atoms with Crippen LogP contribution in [-0.4, -0.2) is 29.3 Å². The molecule has 1 atom stereocenters. The van der Waals surface area contributed by atoms with Gasteiger partial charge in [-0.05, 0) is 49.9 Å². The van der Waals surface area contributed by atoms with Gasteiger partial charge in [0.25, 0.3) is 0 Å². The van der Waals surface area contributed by atoms with Gasteiger partial charge >= 0.3 is 0 Å². The average Bonchev–Trinajstić information content (AvgIpc) is 2.70. The molecule has 2 amide bonds. The Balaban J connectivity index is 2.10. The quantitative estimate of drug-likeness (QED) is 0.710. The highest BCUT2D eigenvalue weighted by molar-refractivity contribution is 5.87. The molecule has 0 unspecified atom stereocenters. The monoisotopic (exact) mass is 384 g/mol. The molecule has 4 nitrogen and oxygen atoms in total. The van der Waals surface area contributed by atoms with Crippen LogP contribution in [0.4, 0.5) is 4.39 Å². The second-order valence-electron chi connectivity index (χ2n) is 7.10. The van der Waals surface area contributed by atoms with E-state index in [2.05, 4.69) is 5.32 Å². The fourth-order valence-corrected chi connectivity index (χ4v) is 2.91. The first kappa shape index (κ1) is 21.6. The van der Waals surface area contributed by atoms with Crippen LogP contribution in [0.5, 0.6) is 0 Å². The van der Waals surface area contributed by atoms with Crippen molar-refractivity contribution in [3.05, 3.63) is 71.0 Å². The predicted molar refractivity (Wildman–Crippen MR) is 109 cm³/mol. The number of nitrogens with zero attached hydrogens (tertiary/aromatic N) is 1. The van der Waals surface area contributed by atoms with E-state index in [1.54, 1.807) is 24.0 Å². The highest BCUT2D eigenvalue weighted by atomic mass is 19.1. The Morgan fingerprint density at radius 1 is 1.04 bits per heavy atom. The summed E-state index contributed by atoms with van der Waals surface area (Å²) in [6.45, 7) is 6.58. The summed E-state index contributed by atoms with van der Waals surface area (Å²) in [6.07, 6.45) is 1.76. The zero-order valence-electron chi connectivity index (χ0n) is 16.9. The third-order valence-electron chi connectivity index (χ3n) is 4.73. The minimum atomic E-state index is -0.595. The zero-order chi connectivity index (χ0) is 20.5. The van der Waals surface area contributed by atoms with Crippen LogP contribution in [0.25, 0.3) is 0 Å². The van der Waals surface area contributed by atoms with E-state index in [1.807, 2.05) is 38.1 Å². The minimum absolute atomic E-state index is 0.0935. The first-order valence-electron chi connectivity index (χ1n) is 9.78. The molecule has 0 saturated heterocycles. The molecule has 0 aromatic heterocycles. The Bertz CT molecular complexity index is 772. The number of halogens is 1. The van der Waals surface area contributed by atoms with Gasteiger partial charge in [0.05, 0.1) is 0 Å². The number of hydrogen-bond donors (Lipinski definition) is 1. The maximum atomic E-state index is 13.2. The molecular weight excluding hydrogens is 355 g/mol. The van der Waals surface area contributed by atoms with E-state index >= 15 is 0 Å². The van der Waals surface area contributed by atoms with Crippen LogP contribution in [0.15, 0.2) is 48.5 Å². The van der Waals surface area contributed by atoms with E-state index in [0.29, 0.717) is 19.4 Å². The van der Waals surface area contributed by atoms with Crippen molar-refractivity contribution in [2.45, 2.75) is 52.6 Å². The molecule has 0 radical (unpaired) electrons. The third-order valence-corrected chi connectivity index (χ3v) is 4.73. The van der Waals surface area contributed by atoms with Crippen LogP contribution in [0, 0.1) is 12.7 Å². The van der Waals surface area contributed by atoms with Crippen molar-refractivity contribution in [2.75, 3.05) is 6.54 Å². The van der Waals surface area contributed by atoms with Crippen LogP contribution in [0.1, 0.15) is 43.4 Å². The second-order valence-corrected chi connectivity index (χ2v) is 7.10. The van der Waals surface area contributed by atoms with Gasteiger partial charge in [-0.15, -0.1) is 0 Å². The van der Waals surface area contributed by atoms with Crippen LogP contribution in [0.2, 0.25) is 0 Å². The Labute approximate surface area is 166 Å².